The summed E-state index contributed by atoms with van der Waals surface area (Å²) >= 11 is 0. The molecule has 2 saturated carbocycles. The van der Waals surface area contributed by atoms with Crippen LogP contribution in [-0.2, 0) is 9.47 Å². The van der Waals surface area contributed by atoms with Gasteiger partial charge in [0.25, 0.3) is 0 Å². The second-order valence-electron chi connectivity index (χ2n) is 11.0. The predicted octanol–water partition coefficient (Wildman–Crippen LogP) is 7.90. The lowest BCUT2D eigenvalue weighted by molar-refractivity contribution is 0.0314. The Morgan fingerprint density at radius 1 is 0.543 bits per heavy atom. The number of nitrogens with zero attached hydrogens (tertiary/aromatic N) is 2. The molecular weight excluding hydrogens is 432 g/mol. The molecule has 35 heavy (non-hydrogen) atoms. The first-order valence-electron chi connectivity index (χ1n) is 13.9. The SMILES string of the molecule is c1ccc([C@H]2N=C(CC3=N[C@H](c4ccccc4)C4(CCCCCC4)O3)OC23CCCCCC3)cc1. The molecule has 0 bridgehead atoms. The van der Waals surface area contributed by atoms with E-state index in [4.69, 9.17) is 19.5 Å². The molecule has 2 aliphatic heterocycles. The van der Waals surface area contributed by atoms with Crippen molar-refractivity contribution in [2.75, 3.05) is 0 Å². The average molecular weight is 471 g/mol. The highest BCUT2D eigenvalue weighted by molar-refractivity contribution is 5.99. The fourth-order valence-electron chi connectivity index (χ4n) is 6.88. The molecule has 0 aromatic heterocycles. The van der Waals surface area contributed by atoms with Gasteiger partial charge in [-0.15, -0.1) is 0 Å². The zero-order valence-electron chi connectivity index (χ0n) is 20.8. The number of benzene rings is 2. The van der Waals surface area contributed by atoms with Gasteiger partial charge in [0.1, 0.15) is 23.3 Å². The first-order chi connectivity index (χ1) is 17.3. The lowest BCUT2D eigenvalue weighted by Crippen LogP contribution is -2.36. The normalized spacial score (nSPS) is 27.4. The number of hydrogen-bond acceptors (Lipinski definition) is 4. The van der Waals surface area contributed by atoms with E-state index in [0.717, 1.165) is 37.5 Å². The van der Waals surface area contributed by atoms with Gasteiger partial charge < -0.3 is 9.47 Å². The van der Waals surface area contributed by atoms with E-state index in [0.29, 0.717) is 6.42 Å². The Morgan fingerprint density at radius 2 is 0.914 bits per heavy atom. The van der Waals surface area contributed by atoms with E-state index < -0.39 is 0 Å². The largest absolute Gasteiger partial charge is 0.471 e. The van der Waals surface area contributed by atoms with Crippen molar-refractivity contribution in [2.45, 2.75) is 107 Å². The van der Waals surface area contributed by atoms with Crippen LogP contribution in [0.1, 0.15) is 107 Å². The molecular formula is C31H38N2O2. The van der Waals surface area contributed by atoms with Crippen molar-refractivity contribution in [3.63, 3.8) is 0 Å². The summed E-state index contributed by atoms with van der Waals surface area (Å²) < 4.78 is 13.7. The third-order valence-electron chi connectivity index (χ3n) is 8.62. The molecule has 2 atom stereocenters. The van der Waals surface area contributed by atoms with Crippen LogP contribution in [0, 0.1) is 0 Å². The molecule has 4 heteroatoms. The molecule has 0 radical (unpaired) electrons. The molecule has 6 rings (SSSR count). The van der Waals surface area contributed by atoms with Gasteiger partial charge in [0.15, 0.2) is 11.8 Å². The topological polar surface area (TPSA) is 43.2 Å². The number of rotatable bonds is 4. The first-order valence-corrected chi connectivity index (χ1v) is 13.9. The van der Waals surface area contributed by atoms with Gasteiger partial charge in [0, 0.05) is 0 Å². The van der Waals surface area contributed by atoms with Crippen molar-refractivity contribution in [2.24, 2.45) is 9.98 Å². The summed E-state index contributed by atoms with van der Waals surface area (Å²) in [7, 11) is 0. The summed E-state index contributed by atoms with van der Waals surface area (Å²) in [5, 5.41) is 0. The monoisotopic (exact) mass is 470 g/mol. The first kappa shape index (κ1) is 22.8. The molecule has 4 nitrogen and oxygen atoms in total. The highest BCUT2D eigenvalue weighted by atomic mass is 16.5. The minimum atomic E-state index is -0.217. The van der Waals surface area contributed by atoms with E-state index >= 15 is 0 Å². The second kappa shape index (κ2) is 9.79. The highest BCUT2D eigenvalue weighted by Crippen LogP contribution is 2.49. The van der Waals surface area contributed by atoms with Gasteiger partial charge in [0.05, 0.1) is 6.42 Å². The fourth-order valence-corrected chi connectivity index (χ4v) is 6.88. The molecule has 184 valence electrons. The molecule has 2 aromatic carbocycles. The standard InChI is InChI=1S/C31H38N2O2/c1-2-12-20-30(19-11-1)28(24-15-7-5-8-16-24)32-26(34-30)23-27-33-29(25-17-9-6-10-18-25)31(35-27)21-13-3-4-14-22-31/h5-10,15-18,28-29H,1-4,11-14,19-23H2/t28-,29-/m1/s1. The number of ether oxygens (including phenoxy) is 2. The van der Waals surface area contributed by atoms with Gasteiger partial charge in [-0.2, -0.15) is 0 Å². The van der Waals surface area contributed by atoms with Crippen molar-refractivity contribution < 1.29 is 9.47 Å². The van der Waals surface area contributed by atoms with Crippen LogP contribution in [0.3, 0.4) is 0 Å². The molecule has 4 aliphatic rings. The van der Waals surface area contributed by atoms with E-state index in [-0.39, 0.29) is 23.3 Å². The summed E-state index contributed by atoms with van der Waals surface area (Å²) in [6.45, 7) is 0. The predicted molar refractivity (Wildman–Crippen MR) is 141 cm³/mol. The van der Waals surface area contributed by atoms with Crippen LogP contribution in [-0.4, -0.2) is 23.0 Å². The maximum atomic E-state index is 6.83. The van der Waals surface area contributed by atoms with Gasteiger partial charge in [-0.05, 0) is 62.5 Å². The Labute approximate surface area is 209 Å². The van der Waals surface area contributed by atoms with E-state index in [9.17, 15) is 0 Å². The van der Waals surface area contributed by atoms with Crippen LogP contribution in [0.2, 0.25) is 0 Å². The Morgan fingerprint density at radius 3 is 1.29 bits per heavy atom. The lowest BCUT2D eigenvalue weighted by Gasteiger charge is -2.33. The van der Waals surface area contributed by atoms with Gasteiger partial charge in [0.2, 0.25) is 0 Å². The van der Waals surface area contributed by atoms with Crippen LogP contribution in [0.25, 0.3) is 0 Å². The van der Waals surface area contributed by atoms with Gasteiger partial charge in [-0.1, -0.05) is 86.3 Å². The Bertz CT molecular complexity index is 960. The molecule has 0 N–H and O–H groups in total. The second-order valence-corrected chi connectivity index (χ2v) is 11.0. The summed E-state index contributed by atoms with van der Waals surface area (Å²) in [5.41, 5.74) is 2.10. The van der Waals surface area contributed by atoms with E-state index in [1.54, 1.807) is 0 Å². The smallest absolute Gasteiger partial charge is 0.194 e. The highest BCUT2D eigenvalue weighted by Gasteiger charge is 2.50. The Kier molecular flexibility index (Phi) is 6.39. The molecule has 2 fully saturated rings. The molecule has 2 heterocycles. The van der Waals surface area contributed by atoms with Crippen LogP contribution < -0.4 is 0 Å². The van der Waals surface area contributed by atoms with Crippen molar-refractivity contribution >= 4 is 11.8 Å². The quantitative estimate of drug-likeness (QED) is 0.456. The maximum absolute atomic E-state index is 6.83. The number of aliphatic imine (C=N–C) groups is 2. The van der Waals surface area contributed by atoms with E-state index in [1.807, 2.05) is 0 Å². The minimum absolute atomic E-state index is 0.0653. The Balaban J connectivity index is 1.29. The van der Waals surface area contributed by atoms with Crippen LogP contribution in [0.5, 0.6) is 0 Å². The average Bonchev–Trinajstić information content (AvgIpc) is 3.18. The van der Waals surface area contributed by atoms with Gasteiger partial charge in [-0.25, -0.2) is 9.98 Å². The lowest BCUT2D eigenvalue weighted by atomic mass is 9.83. The zero-order chi connectivity index (χ0) is 23.6. The summed E-state index contributed by atoms with van der Waals surface area (Å²) in [6.07, 6.45) is 14.9. The Hall–Kier alpha value is -2.62. The van der Waals surface area contributed by atoms with Crippen molar-refractivity contribution in [1.82, 2.24) is 0 Å². The zero-order valence-corrected chi connectivity index (χ0v) is 20.8. The summed E-state index contributed by atoms with van der Waals surface area (Å²) in [6, 6.07) is 21.6. The van der Waals surface area contributed by atoms with Gasteiger partial charge >= 0.3 is 0 Å². The third kappa shape index (κ3) is 4.52. The fraction of sp³-hybridized carbons (Fsp3) is 0.548. The van der Waals surface area contributed by atoms with Crippen LogP contribution in [0.4, 0.5) is 0 Å². The van der Waals surface area contributed by atoms with Gasteiger partial charge in [-0.3, -0.25) is 0 Å². The molecule has 0 unspecified atom stereocenters. The van der Waals surface area contributed by atoms with Crippen LogP contribution in [0.15, 0.2) is 70.6 Å². The summed E-state index contributed by atoms with van der Waals surface area (Å²) in [5.74, 6) is 1.63. The summed E-state index contributed by atoms with van der Waals surface area (Å²) in [4.78, 5) is 10.4. The van der Waals surface area contributed by atoms with Crippen molar-refractivity contribution in [3.8, 4) is 0 Å². The molecule has 2 aliphatic carbocycles. The van der Waals surface area contributed by atoms with E-state index in [2.05, 4.69) is 60.7 Å². The van der Waals surface area contributed by atoms with E-state index in [1.165, 1.54) is 62.5 Å². The number of hydrogen-bond donors (Lipinski definition) is 0. The molecule has 0 saturated heterocycles. The minimum Gasteiger partial charge on any atom is -0.471 e. The molecule has 2 aromatic rings. The van der Waals surface area contributed by atoms with Crippen molar-refractivity contribution in [1.29, 1.82) is 0 Å². The van der Waals surface area contributed by atoms with Crippen LogP contribution >= 0.6 is 0 Å². The molecule has 2 spiro atoms. The maximum Gasteiger partial charge on any atom is 0.194 e. The van der Waals surface area contributed by atoms with Crippen molar-refractivity contribution in [3.05, 3.63) is 71.8 Å². The third-order valence-corrected chi connectivity index (χ3v) is 8.62. The molecule has 0 amide bonds.